The minimum Gasteiger partial charge on any atom is -0.331 e. The number of hydrogen-bond acceptors (Lipinski definition) is 3. The number of sulfonamides is 1. The van der Waals surface area contributed by atoms with Crippen molar-refractivity contribution < 1.29 is 8.42 Å². The van der Waals surface area contributed by atoms with Gasteiger partial charge in [-0.25, -0.2) is 18.1 Å². The van der Waals surface area contributed by atoms with Gasteiger partial charge < -0.3 is 4.57 Å². The molecule has 2 aromatic carbocycles. The highest BCUT2D eigenvalue weighted by Gasteiger charge is 2.10. The van der Waals surface area contributed by atoms with E-state index in [0.29, 0.717) is 13.0 Å². The fourth-order valence-corrected chi connectivity index (χ4v) is 3.70. The van der Waals surface area contributed by atoms with Gasteiger partial charge in [-0.15, -0.1) is 0 Å². The molecule has 23 heavy (non-hydrogen) atoms. The highest BCUT2D eigenvalue weighted by molar-refractivity contribution is 7.88. The number of nitrogens with one attached hydrogen (secondary N) is 1. The van der Waals surface area contributed by atoms with E-state index in [1.807, 2.05) is 59.2 Å². The van der Waals surface area contributed by atoms with Crippen molar-refractivity contribution in [3.63, 3.8) is 0 Å². The third-order valence-corrected chi connectivity index (χ3v) is 4.98. The first kappa shape index (κ1) is 15.7. The van der Waals surface area contributed by atoms with Crippen molar-refractivity contribution in [3.05, 3.63) is 66.5 Å². The molecule has 3 rings (SSSR count). The lowest BCUT2D eigenvalue weighted by atomic mass is 10.2. The maximum absolute atomic E-state index is 12.0. The van der Waals surface area contributed by atoms with Crippen LogP contribution in [0.2, 0.25) is 0 Å². The molecule has 0 aliphatic carbocycles. The van der Waals surface area contributed by atoms with Crippen LogP contribution in [-0.2, 0) is 22.3 Å². The van der Waals surface area contributed by atoms with Crippen LogP contribution in [0.3, 0.4) is 0 Å². The molecule has 0 bridgehead atoms. The minimum absolute atomic E-state index is 0.0157. The third kappa shape index (κ3) is 4.18. The summed E-state index contributed by atoms with van der Waals surface area (Å²) in [4.78, 5) is 4.33. The van der Waals surface area contributed by atoms with Gasteiger partial charge in [0.1, 0.15) is 0 Å². The minimum atomic E-state index is -3.29. The number of para-hydroxylation sites is 2. The summed E-state index contributed by atoms with van der Waals surface area (Å²) in [5, 5.41) is 0. The average Bonchev–Trinajstić information content (AvgIpc) is 2.95. The van der Waals surface area contributed by atoms with Crippen molar-refractivity contribution in [2.45, 2.75) is 18.7 Å². The van der Waals surface area contributed by atoms with E-state index >= 15 is 0 Å². The molecule has 120 valence electrons. The molecule has 0 radical (unpaired) electrons. The Morgan fingerprint density at radius 2 is 1.74 bits per heavy atom. The molecule has 0 amide bonds. The molecule has 1 aromatic heterocycles. The number of rotatable bonds is 7. The van der Waals surface area contributed by atoms with E-state index in [4.69, 9.17) is 0 Å². The van der Waals surface area contributed by atoms with Gasteiger partial charge in [0.25, 0.3) is 0 Å². The Morgan fingerprint density at radius 1 is 1.00 bits per heavy atom. The van der Waals surface area contributed by atoms with Crippen molar-refractivity contribution in [2.24, 2.45) is 0 Å². The smallest absolute Gasteiger partial charge is 0.215 e. The highest BCUT2D eigenvalue weighted by Crippen LogP contribution is 2.12. The summed E-state index contributed by atoms with van der Waals surface area (Å²) in [5.41, 5.74) is 2.82. The van der Waals surface area contributed by atoms with Gasteiger partial charge in [-0.3, -0.25) is 0 Å². The van der Waals surface area contributed by atoms with Crippen molar-refractivity contribution in [2.75, 3.05) is 6.54 Å². The normalized spacial score (nSPS) is 11.8. The van der Waals surface area contributed by atoms with E-state index in [0.717, 1.165) is 23.1 Å². The molecule has 0 saturated carbocycles. The summed E-state index contributed by atoms with van der Waals surface area (Å²) in [6, 6.07) is 17.1. The summed E-state index contributed by atoms with van der Waals surface area (Å²) in [6.07, 6.45) is 2.51. The van der Waals surface area contributed by atoms with Crippen LogP contribution in [0, 0.1) is 0 Å². The summed E-state index contributed by atoms with van der Waals surface area (Å²) < 4.78 is 28.8. The van der Waals surface area contributed by atoms with Crippen LogP contribution in [0.25, 0.3) is 11.0 Å². The zero-order chi connectivity index (χ0) is 16.1. The lowest BCUT2D eigenvalue weighted by Crippen LogP contribution is -2.26. The molecule has 3 aromatic rings. The largest absolute Gasteiger partial charge is 0.331 e. The van der Waals surface area contributed by atoms with Crippen LogP contribution < -0.4 is 4.72 Å². The zero-order valence-corrected chi connectivity index (χ0v) is 13.5. The quantitative estimate of drug-likeness (QED) is 0.678. The molecule has 0 atom stereocenters. The van der Waals surface area contributed by atoms with Crippen LogP contribution in [0.4, 0.5) is 0 Å². The maximum Gasteiger partial charge on any atom is 0.215 e. The Bertz CT molecular complexity index is 873. The fraction of sp³-hybridized carbons (Fsp3) is 0.235. The zero-order valence-electron chi connectivity index (χ0n) is 12.7. The molecule has 0 spiro atoms. The standard InChI is InChI=1S/C17H19N3O2S/c21-23(22,13-15-7-2-1-3-8-15)19-11-6-12-20-14-18-16-9-4-5-10-17(16)20/h1-5,7-10,14,19H,6,11-13H2. The summed E-state index contributed by atoms with van der Waals surface area (Å²) in [6.45, 7) is 1.15. The van der Waals surface area contributed by atoms with Crippen molar-refractivity contribution in [3.8, 4) is 0 Å². The van der Waals surface area contributed by atoms with Crippen molar-refractivity contribution >= 4 is 21.1 Å². The van der Waals surface area contributed by atoms with E-state index in [2.05, 4.69) is 9.71 Å². The number of imidazole rings is 1. The second-order valence-corrected chi connectivity index (χ2v) is 7.23. The first-order valence-electron chi connectivity index (χ1n) is 7.55. The molecule has 0 aliphatic rings. The first-order valence-corrected chi connectivity index (χ1v) is 9.20. The molecular formula is C17H19N3O2S. The predicted molar refractivity (Wildman–Crippen MR) is 91.4 cm³/mol. The number of benzene rings is 2. The van der Waals surface area contributed by atoms with Crippen LogP contribution >= 0.6 is 0 Å². The van der Waals surface area contributed by atoms with Crippen LogP contribution in [0.5, 0.6) is 0 Å². The number of fused-ring (bicyclic) bond motifs is 1. The SMILES string of the molecule is O=S(=O)(Cc1ccccc1)NCCCn1cnc2ccccc21. The molecule has 5 nitrogen and oxygen atoms in total. The van der Waals surface area contributed by atoms with Gasteiger partial charge in [0.15, 0.2) is 0 Å². The molecule has 1 heterocycles. The lowest BCUT2D eigenvalue weighted by molar-refractivity contribution is 0.571. The van der Waals surface area contributed by atoms with Crippen molar-refractivity contribution in [1.29, 1.82) is 0 Å². The molecule has 1 N–H and O–H groups in total. The van der Waals surface area contributed by atoms with E-state index in [-0.39, 0.29) is 5.75 Å². The predicted octanol–water partition coefficient (Wildman–Crippen LogP) is 2.55. The number of nitrogens with zero attached hydrogens (tertiary/aromatic N) is 2. The highest BCUT2D eigenvalue weighted by atomic mass is 32.2. The first-order chi connectivity index (χ1) is 11.1. The van der Waals surface area contributed by atoms with Crippen LogP contribution in [0.15, 0.2) is 60.9 Å². The Hall–Kier alpha value is -2.18. The third-order valence-electron chi connectivity index (χ3n) is 3.62. The number of aryl methyl sites for hydroxylation is 1. The molecule has 6 heteroatoms. The Labute approximate surface area is 136 Å². The van der Waals surface area contributed by atoms with Gasteiger partial charge in [0.2, 0.25) is 10.0 Å². The lowest BCUT2D eigenvalue weighted by Gasteiger charge is -2.08. The van der Waals surface area contributed by atoms with Crippen molar-refractivity contribution in [1.82, 2.24) is 14.3 Å². The number of aromatic nitrogens is 2. The molecule has 0 unspecified atom stereocenters. The Balaban J connectivity index is 1.51. The topological polar surface area (TPSA) is 64.0 Å². The molecular weight excluding hydrogens is 310 g/mol. The monoisotopic (exact) mass is 329 g/mol. The second-order valence-electron chi connectivity index (χ2n) is 5.42. The molecule has 0 saturated heterocycles. The summed E-state index contributed by atoms with van der Waals surface area (Å²) >= 11 is 0. The van der Waals surface area contributed by atoms with Gasteiger partial charge in [-0.1, -0.05) is 42.5 Å². The van der Waals surface area contributed by atoms with Gasteiger partial charge >= 0.3 is 0 Å². The Morgan fingerprint density at radius 3 is 2.57 bits per heavy atom. The van der Waals surface area contributed by atoms with E-state index in [1.165, 1.54) is 0 Å². The van der Waals surface area contributed by atoms with Gasteiger partial charge in [-0.05, 0) is 24.1 Å². The second kappa shape index (κ2) is 6.93. The van der Waals surface area contributed by atoms with E-state index < -0.39 is 10.0 Å². The summed E-state index contributed by atoms with van der Waals surface area (Å²) in [5.74, 6) is 0.0157. The molecule has 0 aliphatic heterocycles. The Kier molecular flexibility index (Phi) is 4.73. The average molecular weight is 329 g/mol. The maximum atomic E-state index is 12.0. The van der Waals surface area contributed by atoms with Gasteiger partial charge in [0.05, 0.1) is 23.1 Å². The van der Waals surface area contributed by atoms with Gasteiger partial charge in [-0.2, -0.15) is 0 Å². The fourth-order valence-electron chi connectivity index (χ4n) is 2.51. The van der Waals surface area contributed by atoms with E-state index in [9.17, 15) is 8.42 Å². The van der Waals surface area contributed by atoms with Gasteiger partial charge in [0, 0.05) is 13.1 Å². The van der Waals surface area contributed by atoms with Crippen LogP contribution in [-0.4, -0.2) is 24.5 Å². The van der Waals surface area contributed by atoms with Crippen LogP contribution in [0.1, 0.15) is 12.0 Å². The summed E-state index contributed by atoms with van der Waals surface area (Å²) in [7, 11) is -3.29. The molecule has 0 fully saturated rings. The van der Waals surface area contributed by atoms with E-state index in [1.54, 1.807) is 6.33 Å². The number of hydrogen-bond donors (Lipinski definition) is 1.